The number of alkyl carbamates (subject to hydrolysis) is 1. The Balaban J connectivity index is 1.37. The SMILES string of the molecule is CC(O)C(NC(=O)CC1(NC(=O)OCC2c3ccccc3-c3ccccc32)CCC1)C(=O)O. The van der Waals surface area contributed by atoms with E-state index in [9.17, 15) is 19.5 Å². The van der Waals surface area contributed by atoms with E-state index in [0.29, 0.717) is 12.8 Å². The number of hydrogen-bond acceptors (Lipinski definition) is 5. The maximum absolute atomic E-state index is 12.7. The number of ether oxygens (including phenoxy) is 1. The molecule has 4 rings (SSSR count). The summed E-state index contributed by atoms with van der Waals surface area (Å²) < 4.78 is 5.59. The molecule has 0 radical (unpaired) electrons. The van der Waals surface area contributed by atoms with Crippen LogP contribution in [0.25, 0.3) is 11.1 Å². The molecular weight excluding hydrogens is 424 g/mol. The number of aliphatic hydroxyl groups excluding tert-OH is 1. The number of carbonyl (C=O) groups excluding carboxylic acids is 2. The lowest BCUT2D eigenvalue weighted by atomic mass is 9.74. The van der Waals surface area contributed by atoms with Crippen LogP contribution >= 0.6 is 0 Å². The molecule has 8 nitrogen and oxygen atoms in total. The third-order valence-electron chi connectivity index (χ3n) is 6.59. The van der Waals surface area contributed by atoms with E-state index in [1.807, 2.05) is 36.4 Å². The van der Waals surface area contributed by atoms with Crippen molar-refractivity contribution >= 4 is 18.0 Å². The van der Waals surface area contributed by atoms with Crippen molar-refractivity contribution in [2.24, 2.45) is 0 Å². The number of hydrogen-bond donors (Lipinski definition) is 4. The summed E-state index contributed by atoms with van der Waals surface area (Å²) in [5.74, 6) is -1.92. The highest BCUT2D eigenvalue weighted by Crippen LogP contribution is 2.44. The molecule has 2 atom stereocenters. The maximum atomic E-state index is 12.7. The molecule has 8 heteroatoms. The summed E-state index contributed by atoms with van der Waals surface area (Å²) in [6, 6.07) is 14.7. The second kappa shape index (κ2) is 9.23. The van der Waals surface area contributed by atoms with E-state index in [2.05, 4.69) is 22.8 Å². The van der Waals surface area contributed by atoms with Crippen LogP contribution in [0.3, 0.4) is 0 Å². The van der Waals surface area contributed by atoms with Crippen molar-refractivity contribution in [2.75, 3.05) is 6.61 Å². The van der Waals surface area contributed by atoms with Gasteiger partial charge in [0.05, 0.1) is 11.6 Å². The normalized spacial score (nSPS) is 17.6. The summed E-state index contributed by atoms with van der Waals surface area (Å²) in [6.45, 7) is 1.47. The highest BCUT2D eigenvalue weighted by Gasteiger charge is 2.42. The zero-order valence-corrected chi connectivity index (χ0v) is 18.4. The van der Waals surface area contributed by atoms with Crippen LogP contribution in [0.15, 0.2) is 48.5 Å². The van der Waals surface area contributed by atoms with Gasteiger partial charge in [0.2, 0.25) is 5.91 Å². The molecule has 0 bridgehead atoms. The van der Waals surface area contributed by atoms with Gasteiger partial charge in [0.25, 0.3) is 0 Å². The number of aliphatic hydroxyl groups is 1. The lowest BCUT2D eigenvalue weighted by Crippen LogP contribution is -2.57. The predicted molar refractivity (Wildman–Crippen MR) is 121 cm³/mol. The lowest BCUT2D eigenvalue weighted by Gasteiger charge is -2.41. The molecule has 4 N–H and O–H groups in total. The molecule has 2 amide bonds. The Kier molecular flexibility index (Phi) is 6.37. The van der Waals surface area contributed by atoms with Gasteiger partial charge in [-0.1, -0.05) is 48.5 Å². The number of aliphatic carboxylic acids is 1. The average molecular weight is 453 g/mol. The first-order chi connectivity index (χ1) is 15.8. The van der Waals surface area contributed by atoms with Crippen molar-refractivity contribution in [1.29, 1.82) is 0 Å². The number of amides is 2. The Morgan fingerprint density at radius 2 is 1.64 bits per heavy atom. The molecule has 2 unspecified atom stereocenters. The second-order valence-corrected chi connectivity index (χ2v) is 8.89. The summed E-state index contributed by atoms with van der Waals surface area (Å²) in [5.41, 5.74) is 3.74. The molecule has 2 aliphatic carbocycles. The van der Waals surface area contributed by atoms with Gasteiger partial charge in [-0.05, 0) is 48.4 Å². The minimum atomic E-state index is -1.40. The molecule has 0 aromatic heterocycles. The van der Waals surface area contributed by atoms with Gasteiger partial charge in [-0.3, -0.25) is 4.79 Å². The van der Waals surface area contributed by atoms with Gasteiger partial charge in [0, 0.05) is 12.3 Å². The Labute approximate surface area is 192 Å². The van der Waals surface area contributed by atoms with E-state index in [0.717, 1.165) is 28.7 Å². The summed E-state index contributed by atoms with van der Waals surface area (Å²) in [7, 11) is 0. The van der Waals surface area contributed by atoms with E-state index in [-0.39, 0.29) is 18.9 Å². The van der Waals surface area contributed by atoms with E-state index in [1.165, 1.54) is 6.92 Å². The fourth-order valence-electron chi connectivity index (χ4n) is 4.72. The van der Waals surface area contributed by atoms with Gasteiger partial charge in [0.15, 0.2) is 6.04 Å². The van der Waals surface area contributed by atoms with Crippen LogP contribution < -0.4 is 10.6 Å². The van der Waals surface area contributed by atoms with Crippen molar-refractivity contribution < 1.29 is 29.3 Å². The van der Waals surface area contributed by atoms with Crippen LogP contribution in [0, 0.1) is 0 Å². The molecular formula is C25H28N2O6. The van der Waals surface area contributed by atoms with Crippen molar-refractivity contribution in [3.63, 3.8) is 0 Å². The van der Waals surface area contributed by atoms with Crippen molar-refractivity contribution in [3.8, 4) is 11.1 Å². The highest BCUT2D eigenvalue weighted by molar-refractivity contribution is 5.85. The number of nitrogens with one attached hydrogen (secondary N) is 2. The van der Waals surface area contributed by atoms with Crippen LogP contribution in [0.5, 0.6) is 0 Å². The number of carbonyl (C=O) groups is 3. The third kappa shape index (κ3) is 4.71. The first-order valence-electron chi connectivity index (χ1n) is 11.1. The minimum Gasteiger partial charge on any atom is -0.480 e. The fraction of sp³-hybridized carbons (Fsp3) is 0.400. The highest BCUT2D eigenvalue weighted by atomic mass is 16.5. The zero-order chi connectivity index (χ0) is 23.6. The third-order valence-corrected chi connectivity index (χ3v) is 6.59. The number of carboxylic acids is 1. The summed E-state index contributed by atoms with van der Waals surface area (Å²) in [5, 5.41) is 23.9. The molecule has 0 heterocycles. The fourth-order valence-corrected chi connectivity index (χ4v) is 4.72. The van der Waals surface area contributed by atoms with Crippen molar-refractivity contribution in [2.45, 2.75) is 56.2 Å². The smallest absolute Gasteiger partial charge is 0.407 e. The standard InChI is InChI=1S/C25H28N2O6/c1-15(28)22(23(30)31)26-21(29)13-25(11-6-12-25)27-24(32)33-14-20-18-9-4-2-7-16(18)17-8-3-5-10-19(17)20/h2-5,7-10,15,20,22,28H,6,11-14H2,1H3,(H,26,29)(H,27,32)(H,30,31). The van der Waals surface area contributed by atoms with Crippen LogP contribution in [0.4, 0.5) is 4.79 Å². The second-order valence-electron chi connectivity index (χ2n) is 8.89. The number of fused-ring (bicyclic) bond motifs is 3. The lowest BCUT2D eigenvalue weighted by molar-refractivity contribution is -0.145. The van der Waals surface area contributed by atoms with Crippen molar-refractivity contribution in [1.82, 2.24) is 10.6 Å². The van der Waals surface area contributed by atoms with Crippen LogP contribution in [-0.2, 0) is 14.3 Å². The van der Waals surface area contributed by atoms with E-state index in [4.69, 9.17) is 9.84 Å². The number of rotatable bonds is 8. The van der Waals surface area contributed by atoms with E-state index < -0.39 is 35.7 Å². The van der Waals surface area contributed by atoms with E-state index in [1.54, 1.807) is 0 Å². The largest absolute Gasteiger partial charge is 0.480 e. The topological polar surface area (TPSA) is 125 Å². The Morgan fingerprint density at radius 3 is 2.12 bits per heavy atom. The molecule has 2 aliphatic rings. The molecule has 33 heavy (non-hydrogen) atoms. The molecule has 0 saturated heterocycles. The van der Waals surface area contributed by atoms with Gasteiger partial charge < -0.3 is 25.6 Å². The Bertz CT molecular complexity index is 1020. The summed E-state index contributed by atoms with van der Waals surface area (Å²) in [6.07, 6.45) is 0.117. The summed E-state index contributed by atoms with van der Waals surface area (Å²) in [4.78, 5) is 36.3. The molecule has 0 aliphatic heterocycles. The van der Waals surface area contributed by atoms with E-state index >= 15 is 0 Å². The van der Waals surface area contributed by atoms with Gasteiger partial charge >= 0.3 is 12.1 Å². The maximum Gasteiger partial charge on any atom is 0.407 e. The van der Waals surface area contributed by atoms with Crippen LogP contribution in [0.1, 0.15) is 49.7 Å². The minimum absolute atomic E-state index is 0.0637. The van der Waals surface area contributed by atoms with Crippen molar-refractivity contribution in [3.05, 3.63) is 59.7 Å². The first-order valence-corrected chi connectivity index (χ1v) is 11.1. The summed E-state index contributed by atoms with van der Waals surface area (Å²) >= 11 is 0. The first kappa shape index (κ1) is 22.8. The Hall–Kier alpha value is -3.39. The van der Waals surface area contributed by atoms with Gasteiger partial charge in [0.1, 0.15) is 6.61 Å². The predicted octanol–water partition coefficient (Wildman–Crippen LogP) is 2.79. The van der Waals surface area contributed by atoms with Crippen LogP contribution in [-0.4, -0.2) is 52.5 Å². The quantitative estimate of drug-likeness (QED) is 0.488. The van der Waals surface area contributed by atoms with Gasteiger partial charge in [-0.15, -0.1) is 0 Å². The Morgan fingerprint density at radius 1 is 1.06 bits per heavy atom. The molecule has 0 spiro atoms. The van der Waals surface area contributed by atoms with Gasteiger partial charge in [-0.25, -0.2) is 9.59 Å². The molecule has 174 valence electrons. The monoisotopic (exact) mass is 452 g/mol. The van der Waals surface area contributed by atoms with Gasteiger partial charge in [-0.2, -0.15) is 0 Å². The molecule has 2 aromatic rings. The number of benzene rings is 2. The molecule has 1 fully saturated rings. The zero-order valence-electron chi connectivity index (χ0n) is 18.4. The molecule has 2 aromatic carbocycles. The molecule has 1 saturated carbocycles. The number of carboxylic acid groups (broad SMARTS) is 1. The van der Waals surface area contributed by atoms with Crippen LogP contribution in [0.2, 0.25) is 0 Å². The average Bonchev–Trinajstić information content (AvgIpc) is 3.08.